The van der Waals surface area contributed by atoms with Crippen molar-refractivity contribution in [3.8, 4) is 11.5 Å². The molecule has 1 aliphatic rings. The summed E-state index contributed by atoms with van der Waals surface area (Å²) in [6.07, 6.45) is 0.728. The molecule has 7 heteroatoms. The van der Waals surface area contributed by atoms with Gasteiger partial charge in [-0.1, -0.05) is 18.2 Å². The Hall–Kier alpha value is -3.22. The van der Waals surface area contributed by atoms with Crippen molar-refractivity contribution in [3.05, 3.63) is 54.1 Å². The molecule has 0 radical (unpaired) electrons. The Morgan fingerprint density at radius 2 is 2.04 bits per heavy atom. The predicted molar refractivity (Wildman–Crippen MR) is 101 cm³/mol. The molecule has 3 rings (SSSR count). The topological polar surface area (TPSA) is 98.0 Å². The highest BCUT2D eigenvalue weighted by Gasteiger charge is 2.22. The van der Waals surface area contributed by atoms with Crippen molar-refractivity contribution in [1.82, 2.24) is 5.32 Å². The Labute approximate surface area is 152 Å². The summed E-state index contributed by atoms with van der Waals surface area (Å²) in [5, 5.41) is 5.92. The molecule has 0 aromatic heterocycles. The van der Waals surface area contributed by atoms with Gasteiger partial charge in [0.1, 0.15) is 18.0 Å². The van der Waals surface area contributed by atoms with Crippen LogP contribution in [-0.4, -0.2) is 32.1 Å². The van der Waals surface area contributed by atoms with Crippen LogP contribution in [0.2, 0.25) is 0 Å². The second-order valence-corrected chi connectivity index (χ2v) is 5.85. The van der Waals surface area contributed by atoms with E-state index in [1.807, 2.05) is 48.5 Å². The zero-order valence-electron chi connectivity index (χ0n) is 14.6. The number of aliphatic imine (C=N–C) groups is 1. The third-order valence-electron chi connectivity index (χ3n) is 4.05. The minimum absolute atomic E-state index is 0.0471. The highest BCUT2D eigenvalue weighted by molar-refractivity contribution is 5.93. The molecule has 0 bridgehead atoms. The zero-order valence-corrected chi connectivity index (χ0v) is 14.6. The van der Waals surface area contributed by atoms with Crippen molar-refractivity contribution in [2.24, 2.45) is 10.7 Å². The standard InChI is InChI=1S/C19H22N4O3/c1-25-14-8-6-13(7-9-14)22-19(20)21-12-18(24)23-16-10-11-26-17-5-3-2-4-15(16)17/h2-9,16H,10-12H2,1H3,(H,23,24)(H3,20,21,22). The van der Waals surface area contributed by atoms with Gasteiger partial charge in [0.05, 0.1) is 19.8 Å². The Balaban J connectivity index is 1.54. The quantitative estimate of drug-likeness (QED) is 0.564. The maximum absolute atomic E-state index is 12.2. The lowest BCUT2D eigenvalue weighted by Gasteiger charge is -2.26. The number of benzene rings is 2. The summed E-state index contributed by atoms with van der Waals surface area (Å²) < 4.78 is 10.7. The van der Waals surface area contributed by atoms with Crippen LogP contribution in [0.1, 0.15) is 18.0 Å². The number of carbonyl (C=O) groups is 1. The second-order valence-electron chi connectivity index (χ2n) is 5.85. The molecule has 1 unspecified atom stereocenters. The number of nitrogens with zero attached hydrogens (tertiary/aromatic N) is 1. The highest BCUT2D eigenvalue weighted by Crippen LogP contribution is 2.31. The van der Waals surface area contributed by atoms with Crippen molar-refractivity contribution in [2.45, 2.75) is 12.5 Å². The van der Waals surface area contributed by atoms with Crippen LogP contribution in [0.4, 0.5) is 5.69 Å². The number of nitrogens with one attached hydrogen (secondary N) is 2. The molecule has 26 heavy (non-hydrogen) atoms. The Kier molecular flexibility index (Phi) is 5.58. The van der Waals surface area contributed by atoms with E-state index in [4.69, 9.17) is 15.2 Å². The maximum Gasteiger partial charge on any atom is 0.242 e. The molecule has 1 aliphatic heterocycles. The smallest absolute Gasteiger partial charge is 0.242 e. The van der Waals surface area contributed by atoms with Crippen LogP contribution in [0.15, 0.2) is 53.5 Å². The number of nitrogens with two attached hydrogens (primary N) is 1. The van der Waals surface area contributed by atoms with E-state index in [1.54, 1.807) is 7.11 Å². The van der Waals surface area contributed by atoms with Crippen molar-refractivity contribution in [3.63, 3.8) is 0 Å². The number of guanidine groups is 1. The summed E-state index contributed by atoms with van der Waals surface area (Å²) in [5.74, 6) is 1.55. The van der Waals surface area contributed by atoms with Gasteiger partial charge in [-0.15, -0.1) is 0 Å². The zero-order chi connectivity index (χ0) is 18.4. The average Bonchev–Trinajstić information content (AvgIpc) is 2.67. The van der Waals surface area contributed by atoms with E-state index >= 15 is 0 Å². The van der Waals surface area contributed by atoms with Crippen molar-refractivity contribution in [1.29, 1.82) is 0 Å². The van der Waals surface area contributed by atoms with Gasteiger partial charge in [0, 0.05) is 17.7 Å². The summed E-state index contributed by atoms with van der Waals surface area (Å²) in [4.78, 5) is 16.3. The predicted octanol–water partition coefficient (Wildman–Crippen LogP) is 2.06. The van der Waals surface area contributed by atoms with E-state index < -0.39 is 0 Å². The molecule has 2 aromatic carbocycles. The first-order valence-electron chi connectivity index (χ1n) is 8.38. The lowest BCUT2D eigenvalue weighted by atomic mass is 10.0. The summed E-state index contributed by atoms with van der Waals surface area (Å²) >= 11 is 0. The number of ether oxygens (including phenoxy) is 2. The fraction of sp³-hybridized carbons (Fsp3) is 0.263. The van der Waals surface area contributed by atoms with Crippen LogP contribution in [0, 0.1) is 0 Å². The minimum Gasteiger partial charge on any atom is -0.497 e. The van der Waals surface area contributed by atoms with Crippen LogP contribution >= 0.6 is 0 Å². The Morgan fingerprint density at radius 1 is 1.27 bits per heavy atom. The molecular weight excluding hydrogens is 332 g/mol. The number of rotatable bonds is 5. The summed E-state index contributed by atoms with van der Waals surface area (Å²) in [6, 6.07) is 14.9. The van der Waals surface area contributed by atoms with E-state index in [9.17, 15) is 4.79 Å². The van der Waals surface area contributed by atoms with Crippen LogP contribution in [0.25, 0.3) is 0 Å². The fourth-order valence-electron chi connectivity index (χ4n) is 2.75. The molecule has 1 heterocycles. The molecule has 0 saturated heterocycles. The van der Waals surface area contributed by atoms with Crippen molar-refractivity contribution in [2.75, 3.05) is 25.6 Å². The fourth-order valence-corrected chi connectivity index (χ4v) is 2.75. The van der Waals surface area contributed by atoms with E-state index in [2.05, 4.69) is 15.6 Å². The number of carbonyl (C=O) groups excluding carboxylic acids is 1. The SMILES string of the molecule is COc1ccc(NC(N)=NCC(=O)NC2CCOc3ccccc32)cc1. The third kappa shape index (κ3) is 4.44. The van der Waals surface area contributed by atoms with Gasteiger partial charge in [0.25, 0.3) is 0 Å². The molecule has 2 aromatic rings. The lowest BCUT2D eigenvalue weighted by Crippen LogP contribution is -2.34. The van der Waals surface area contributed by atoms with Gasteiger partial charge in [-0.25, -0.2) is 4.99 Å². The van der Waals surface area contributed by atoms with E-state index in [0.717, 1.165) is 29.2 Å². The number of para-hydroxylation sites is 1. The van der Waals surface area contributed by atoms with Gasteiger partial charge in [-0.05, 0) is 30.3 Å². The van der Waals surface area contributed by atoms with Gasteiger partial charge < -0.3 is 25.8 Å². The molecule has 4 N–H and O–H groups in total. The van der Waals surface area contributed by atoms with E-state index in [1.165, 1.54) is 0 Å². The molecule has 0 fully saturated rings. The molecular formula is C19H22N4O3. The van der Waals surface area contributed by atoms with Crippen LogP contribution in [0.3, 0.4) is 0 Å². The lowest BCUT2D eigenvalue weighted by molar-refractivity contribution is -0.120. The van der Waals surface area contributed by atoms with Crippen LogP contribution < -0.4 is 25.8 Å². The van der Waals surface area contributed by atoms with Gasteiger partial charge in [-0.2, -0.15) is 0 Å². The van der Waals surface area contributed by atoms with Crippen LogP contribution in [0.5, 0.6) is 11.5 Å². The molecule has 136 valence electrons. The summed E-state index contributed by atoms with van der Waals surface area (Å²) in [7, 11) is 1.60. The number of hydrogen-bond acceptors (Lipinski definition) is 4. The van der Waals surface area contributed by atoms with Gasteiger partial charge in [0.15, 0.2) is 5.96 Å². The monoisotopic (exact) mass is 354 g/mol. The van der Waals surface area contributed by atoms with Gasteiger partial charge in [-0.3, -0.25) is 4.79 Å². The second kappa shape index (κ2) is 8.24. The minimum atomic E-state index is -0.189. The molecule has 7 nitrogen and oxygen atoms in total. The molecule has 0 spiro atoms. The number of hydrogen-bond donors (Lipinski definition) is 3. The normalized spacial score (nSPS) is 16.2. The van der Waals surface area contributed by atoms with Crippen molar-refractivity contribution < 1.29 is 14.3 Å². The molecule has 0 aliphatic carbocycles. The highest BCUT2D eigenvalue weighted by atomic mass is 16.5. The average molecular weight is 354 g/mol. The number of fused-ring (bicyclic) bond motifs is 1. The first kappa shape index (κ1) is 17.6. The van der Waals surface area contributed by atoms with E-state index in [0.29, 0.717) is 6.61 Å². The first-order chi connectivity index (χ1) is 12.7. The first-order valence-corrected chi connectivity index (χ1v) is 8.38. The number of anilines is 1. The third-order valence-corrected chi connectivity index (χ3v) is 4.05. The Bertz CT molecular complexity index is 790. The molecule has 1 amide bonds. The van der Waals surface area contributed by atoms with E-state index in [-0.39, 0.29) is 24.5 Å². The number of amides is 1. The maximum atomic E-state index is 12.2. The van der Waals surface area contributed by atoms with Crippen LogP contribution in [-0.2, 0) is 4.79 Å². The largest absolute Gasteiger partial charge is 0.497 e. The number of methoxy groups -OCH3 is 1. The van der Waals surface area contributed by atoms with Gasteiger partial charge in [0.2, 0.25) is 5.91 Å². The molecule has 0 saturated carbocycles. The summed E-state index contributed by atoms with van der Waals surface area (Å²) in [5.41, 5.74) is 7.60. The molecule has 1 atom stereocenters. The Morgan fingerprint density at radius 3 is 2.81 bits per heavy atom. The van der Waals surface area contributed by atoms with Crippen molar-refractivity contribution >= 4 is 17.6 Å². The summed E-state index contributed by atoms with van der Waals surface area (Å²) in [6.45, 7) is 0.529. The van der Waals surface area contributed by atoms with Gasteiger partial charge >= 0.3 is 0 Å².